The van der Waals surface area contributed by atoms with Crippen molar-refractivity contribution in [3.05, 3.63) is 24.5 Å². The zero-order valence-electron chi connectivity index (χ0n) is 4.45. The van der Waals surface area contributed by atoms with Crippen LogP contribution >= 0.6 is 0 Å². The number of rotatable bonds is 2. The third-order valence-electron chi connectivity index (χ3n) is 0.952. The number of nitrogens with zero attached hydrogens (tertiary/aromatic N) is 1. The number of carbonyl (C=O) groups excluding carboxylic acids is 1. The quantitative estimate of drug-likeness (QED) is 0.512. The number of carbonyl (C=O) groups is 1. The summed E-state index contributed by atoms with van der Waals surface area (Å²) in [6.07, 6.45) is 4.59. The molecule has 1 heterocycles. The molecule has 0 fully saturated rings. The Hall–Kier alpha value is -1.05. The normalized spacial score (nSPS) is 9.00. The fourth-order valence-corrected chi connectivity index (χ4v) is 0.578. The van der Waals surface area contributed by atoms with Crippen molar-refractivity contribution in [1.29, 1.82) is 0 Å². The van der Waals surface area contributed by atoms with Gasteiger partial charge >= 0.3 is 0 Å². The van der Waals surface area contributed by atoms with Gasteiger partial charge in [-0.25, -0.2) is 0 Å². The summed E-state index contributed by atoms with van der Waals surface area (Å²) in [6.45, 7) is 0.465. The van der Waals surface area contributed by atoms with E-state index in [2.05, 4.69) is 0 Å². The molecule has 0 unspecified atom stereocenters. The average molecular weight is 109 g/mol. The Morgan fingerprint density at radius 1 is 1.38 bits per heavy atom. The maximum absolute atomic E-state index is 9.85. The molecule has 0 radical (unpaired) electrons. The Morgan fingerprint density at radius 2 is 2.00 bits per heavy atom. The van der Waals surface area contributed by atoms with E-state index < -0.39 is 0 Å². The maximum atomic E-state index is 9.85. The van der Waals surface area contributed by atoms with Gasteiger partial charge in [-0.1, -0.05) is 0 Å². The smallest absolute Gasteiger partial charge is 0.139 e. The van der Waals surface area contributed by atoms with Crippen LogP contribution in [-0.4, -0.2) is 10.9 Å². The second-order valence-electron chi connectivity index (χ2n) is 1.55. The summed E-state index contributed by atoms with van der Waals surface area (Å²) in [5.41, 5.74) is 0. The van der Waals surface area contributed by atoms with Crippen LogP contribution in [0.1, 0.15) is 0 Å². The number of hydrogen-bond acceptors (Lipinski definition) is 1. The number of aromatic nitrogens is 1. The van der Waals surface area contributed by atoms with Crippen molar-refractivity contribution in [2.24, 2.45) is 0 Å². The molecule has 8 heavy (non-hydrogen) atoms. The summed E-state index contributed by atoms with van der Waals surface area (Å²) in [6, 6.07) is 3.78. The van der Waals surface area contributed by atoms with Gasteiger partial charge in [-0.3, -0.25) is 0 Å². The highest BCUT2D eigenvalue weighted by molar-refractivity contribution is 5.49. The highest BCUT2D eigenvalue weighted by Gasteiger charge is 1.80. The first-order chi connectivity index (χ1) is 3.93. The SMILES string of the molecule is O=CCn1cccc1. The largest absolute Gasteiger partial charge is 0.347 e. The van der Waals surface area contributed by atoms with Gasteiger partial charge in [0.1, 0.15) is 6.29 Å². The molecule has 1 rings (SSSR count). The molecule has 0 aromatic carbocycles. The molecule has 0 aliphatic heterocycles. The Kier molecular flexibility index (Phi) is 1.47. The molecular formula is C6H7NO. The molecule has 0 amide bonds. The lowest BCUT2D eigenvalue weighted by atomic mass is 10.7. The van der Waals surface area contributed by atoms with Crippen LogP contribution in [0.25, 0.3) is 0 Å². The predicted octanol–water partition coefficient (Wildman–Crippen LogP) is 0.687. The maximum Gasteiger partial charge on any atom is 0.139 e. The van der Waals surface area contributed by atoms with Crippen molar-refractivity contribution in [3.63, 3.8) is 0 Å². The Morgan fingerprint density at radius 3 is 2.50 bits per heavy atom. The van der Waals surface area contributed by atoms with Crippen molar-refractivity contribution in [2.45, 2.75) is 6.54 Å². The molecule has 0 bridgehead atoms. The summed E-state index contributed by atoms with van der Waals surface area (Å²) < 4.78 is 1.81. The molecule has 2 heteroatoms. The third-order valence-corrected chi connectivity index (χ3v) is 0.952. The van der Waals surface area contributed by atoms with Gasteiger partial charge in [0.15, 0.2) is 0 Å². The van der Waals surface area contributed by atoms with Crippen LogP contribution in [0.5, 0.6) is 0 Å². The summed E-state index contributed by atoms with van der Waals surface area (Å²) in [4.78, 5) is 9.85. The summed E-state index contributed by atoms with van der Waals surface area (Å²) in [7, 11) is 0. The van der Waals surface area contributed by atoms with E-state index in [1.54, 1.807) is 0 Å². The first-order valence-electron chi connectivity index (χ1n) is 2.48. The van der Waals surface area contributed by atoms with E-state index in [9.17, 15) is 4.79 Å². The second-order valence-corrected chi connectivity index (χ2v) is 1.55. The molecule has 0 N–H and O–H groups in total. The van der Waals surface area contributed by atoms with Crippen LogP contribution in [0.3, 0.4) is 0 Å². The summed E-state index contributed by atoms with van der Waals surface area (Å²) >= 11 is 0. The molecule has 42 valence electrons. The molecule has 0 aliphatic carbocycles. The monoisotopic (exact) mass is 109 g/mol. The fraction of sp³-hybridized carbons (Fsp3) is 0.167. The third kappa shape index (κ3) is 0.964. The van der Waals surface area contributed by atoms with Crippen LogP contribution in [0, 0.1) is 0 Å². The van der Waals surface area contributed by atoms with Crippen LogP contribution in [0.2, 0.25) is 0 Å². The standard InChI is InChI=1S/C6H7NO/c8-6-5-7-3-1-2-4-7/h1-4,6H,5H2. The van der Waals surface area contributed by atoms with Crippen molar-refractivity contribution in [2.75, 3.05) is 0 Å². The van der Waals surface area contributed by atoms with Gasteiger partial charge in [-0.05, 0) is 12.1 Å². The fourth-order valence-electron chi connectivity index (χ4n) is 0.578. The minimum Gasteiger partial charge on any atom is -0.347 e. The number of aldehydes is 1. The topological polar surface area (TPSA) is 22.0 Å². The summed E-state index contributed by atoms with van der Waals surface area (Å²) in [5.74, 6) is 0. The average Bonchev–Trinajstić information content (AvgIpc) is 2.19. The molecular weight excluding hydrogens is 102 g/mol. The lowest BCUT2D eigenvalue weighted by molar-refractivity contribution is -0.108. The Bertz CT molecular complexity index is 155. The molecule has 0 saturated heterocycles. The lowest BCUT2D eigenvalue weighted by Gasteiger charge is -1.89. The van der Waals surface area contributed by atoms with Crippen LogP contribution < -0.4 is 0 Å². The van der Waals surface area contributed by atoms with Crippen molar-refractivity contribution in [1.82, 2.24) is 4.57 Å². The van der Waals surface area contributed by atoms with E-state index in [-0.39, 0.29) is 0 Å². The minimum absolute atomic E-state index is 0.465. The van der Waals surface area contributed by atoms with Gasteiger partial charge in [0.25, 0.3) is 0 Å². The van der Waals surface area contributed by atoms with E-state index in [0.717, 1.165) is 6.29 Å². The van der Waals surface area contributed by atoms with E-state index in [1.165, 1.54) is 0 Å². The first-order valence-corrected chi connectivity index (χ1v) is 2.48. The van der Waals surface area contributed by atoms with E-state index in [1.807, 2.05) is 29.1 Å². The van der Waals surface area contributed by atoms with Gasteiger partial charge in [0.05, 0.1) is 6.54 Å². The van der Waals surface area contributed by atoms with E-state index in [0.29, 0.717) is 6.54 Å². The highest BCUT2D eigenvalue weighted by Crippen LogP contribution is 1.85. The van der Waals surface area contributed by atoms with E-state index >= 15 is 0 Å². The second kappa shape index (κ2) is 2.31. The van der Waals surface area contributed by atoms with Crippen molar-refractivity contribution < 1.29 is 4.79 Å². The summed E-state index contributed by atoms with van der Waals surface area (Å²) in [5, 5.41) is 0. The highest BCUT2D eigenvalue weighted by atomic mass is 16.1. The van der Waals surface area contributed by atoms with Gasteiger partial charge in [0.2, 0.25) is 0 Å². The molecule has 0 atom stereocenters. The lowest BCUT2D eigenvalue weighted by Crippen LogP contribution is -1.92. The van der Waals surface area contributed by atoms with E-state index in [4.69, 9.17) is 0 Å². The Balaban J connectivity index is 2.62. The van der Waals surface area contributed by atoms with Crippen LogP contribution in [0.15, 0.2) is 24.5 Å². The van der Waals surface area contributed by atoms with Crippen molar-refractivity contribution in [3.8, 4) is 0 Å². The van der Waals surface area contributed by atoms with Gasteiger partial charge in [0, 0.05) is 12.4 Å². The van der Waals surface area contributed by atoms with Gasteiger partial charge < -0.3 is 9.36 Å². The zero-order chi connectivity index (χ0) is 5.82. The molecule has 1 aromatic rings. The first kappa shape index (κ1) is 5.09. The molecule has 2 nitrogen and oxygen atoms in total. The molecule has 0 aliphatic rings. The zero-order valence-corrected chi connectivity index (χ0v) is 4.45. The molecule has 1 aromatic heterocycles. The predicted molar refractivity (Wildman–Crippen MR) is 30.5 cm³/mol. The van der Waals surface area contributed by atoms with Crippen molar-refractivity contribution >= 4 is 6.29 Å². The number of hydrogen-bond donors (Lipinski definition) is 0. The Labute approximate surface area is 47.7 Å². The molecule has 0 saturated carbocycles. The molecule has 0 spiro atoms. The minimum atomic E-state index is 0.465. The van der Waals surface area contributed by atoms with Crippen LogP contribution in [0.4, 0.5) is 0 Å². The van der Waals surface area contributed by atoms with Crippen LogP contribution in [-0.2, 0) is 11.3 Å². The van der Waals surface area contributed by atoms with Gasteiger partial charge in [-0.2, -0.15) is 0 Å². The van der Waals surface area contributed by atoms with Gasteiger partial charge in [-0.15, -0.1) is 0 Å².